The van der Waals surface area contributed by atoms with Crippen molar-refractivity contribution in [1.29, 1.82) is 0 Å². The Kier molecular flexibility index (Phi) is 4.68. The van der Waals surface area contributed by atoms with Crippen LogP contribution < -0.4 is 10.6 Å². The van der Waals surface area contributed by atoms with Crippen molar-refractivity contribution in [1.82, 2.24) is 19.9 Å². The lowest BCUT2D eigenvalue weighted by Crippen LogP contribution is -2.54. The maximum absolute atomic E-state index is 6.01. The Hall–Kier alpha value is -2.96. The molecule has 154 valence electrons. The molecule has 2 N–H and O–H groups in total. The highest BCUT2D eigenvalue weighted by Gasteiger charge is 2.32. The molecule has 5 rings (SSSR count). The molecule has 1 fully saturated rings. The van der Waals surface area contributed by atoms with Crippen LogP contribution in [0.15, 0.2) is 55.0 Å². The number of aromatic nitrogens is 3. The molecule has 0 amide bonds. The lowest BCUT2D eigenvalue weighted by Gasteiger charge is -2.38. The number of hydrogen-bond donors (Lipinski definition) is 2. The summed E-state index contributed by atoms with van der Waals surface area (Å²) in [5.74, 6) is 0. The Morgan fingerprint density at radius 1 is 1.13 bits per heavy atom. The van der Waals surface area contributed by atoms with Gasteiger partial charge in [0.15, 0.2) is 0 Å². The number of morpholine rings is 1. The summed E-state index contributed by atoms with van der Waals surface area (Å²) in [5.41, 5.74) is 5.97. The minimum atomic E-state index is -0.233. The van der Waals surface area contributed by atoms with Gasteiger partial charge in [-0.15, -0.1) is 0 Å². The van der Waals surface area contributed by atoms with Gasteiger partial charge < -0.3 is 19.9 Å². The van der Waals surface area contributed by atoms with Crippen molar-refractivity contribution in [2.24, 2.45) is 7.05 Å². The Morgan fingerprint density at radius 3 is 2.83 bits per heavy atom. The Bertz CT molecular complexity index is 1210. The summed E-state index contributed by atoms with van der Waals surface area (Å²) >= 11 is 0. The van der Waals surface area contributed by atoms with E-state index in [1.165, 1.54) is 10.9 Å². The van der Waals surface area contributed by atoms with Gasteiger partial charge in [0.2, 0.25) is 0 Å². The van der Waals surface area contributed by atoms with Crippen molar-refractivity contribution >= 4 is 27.6 Å². The molecule has 1 aliphatic heterocycles. The minimum Gasteiger partial charge on any atom is -0.377 e. The molecule has 1 aliphatic rings. The van der Waals surface area contributed by atoms with Gasteiger partial charge in [0, 0.05) is 55.5 Å². The van der Waals surface area contributed by atoms with Crippen LogP contribution in [0.25, 0.3) is 33.1 Å². The highest BCUT2D eigenvalue weighted by Crippen LogP contribution is 2.33. The highest BCUT2D eigenvalue weighted by molar-refractivity contribution is 5.97. The van der Waals surface area contributed by atoms with E-state index in [9.17, 15) is 0 Å². The van der Waals surface area contributed by atoms with E-state index in [4.69, 9.17) is 4.74 Å². The molecule has 0 radical (unpaired) electrons. The van der Waals surface area contributed by atoms with Crippen LogP contribution in [0.5, 0.6) is 0 Å². The first-order chi connectivity index (χ1) is 14.5. The topological polar surface area (TPSA) is 64.0 Å². The normalized spacial score (nSPS) is 17.5. The SMILES string of the molecule is Cn1ccc2ccc(-c3cc(NC(C)(C)C4CNCCO4)cc4nccnc34)cc21. The largest absolute Gasteiger partial charge is 0.377 e. The molecule has 6 heteroatoms. The standard InChI is InChI=1S/C24H27N5O/c1-24(2,22-15-25-9-11-30-22)28-18-13-19(23-20(14-18)26-7-8-27-23)17-5-4-16-6-10-29(3)21(16)12-17/h4-8,10,12-14,22,25,28H,9,11,15H2,1-3H3. The van der Waals surface area contributed by atoms with Crippen molar-refractivity contribution < 1.29 is 4.74 Å². The molecule has 1 atom stereocenters. The Labute approximate surface area is 176 Å². The van der Waals surface area contributed by atoms with Crippen LogP contribution in [0.4, 0.5) is 5.69 Å². The summed E-state index contributed by atoms with van der Waals surface area (Å²) in [6, 6.07) is 12.9. The van der Waals surface area contributed by atoms with Gasteiger partial charge in [-0.1, -0.05) is 12.1 Å². The number of rotatable bonds is 4. The molecule has 0 bridgehead atoms. The molecule has 30 heavy (non-hydrogen) atoms. The summed E-state index contributed by atoms with van der Waals surface area (Å²) in [4.78, 5) is 9.23. The smallest absolute Gasteiger partial charge is 0.0966 e. The third kappa shape index (κ3) is 3.42. The second-order valence-corrected chi connectivity index (χ2v) is 8.56. The molecule has 0 aliphatic carbocycles. The van der Waals surface area contributed by atoms with E-state index in [0.29, 0.717) is 0 Å². The van der Waals surface area contributed by atoms with Crippen LogP contribution in [0.1, 0.15) is 13.8 Å². The van der Waals surface area contributed by atoms with Gasteiger partial charge in [0.1, 0.15) is 0 Å². The third-order valence-electron chi connectivity index (χ3n) is 5.97. The Morgan fingerprint density at radius 2 is 2.00 bits per heavy atom. The van der Waals surface area contributed by atoms with Gasteiger partial charge in [-0.3, -0.25) is 9.97 Å². The van der Waals surface area contributed by atoms with E-state index < -0.39 is 0 Å². The van der Waals surface area contributed by atoms with E-state index in [0.717, 1.165) is 47.5 Å². The van der Waals surface area contributed by atoms with Crippen molar-refractivity contribution in [3.8, 4) is 11.1 Å². The lowest BCUT2D eigenvalue weighted by molar-refractivity contribution is -0.00455. The van der Waals surface area contributed by atoms with Crippen molar-refractivity contribution in [3.05, 3.63) is 55.0 Å². The lowest BCUT2D eigenvalue weighted by atomic mass is 9.94. The summed E-state index contributed by atoms with van der Waals surface area (Å²) in [6.45, 7) is 6.84. The Balaban J connectivity index is 1.59. The highest BCUT2D eigenvalue weighted by atomic mass is 16.5. The molecule has 3 heterocycles. The van der Waals surface area contributed by atoms with Gasteiger partial charge in [0.25, 0.3) is 0 Å². The number of nitrogens with one attached hydrogen (secondary N) is 2. The monoisotopic (exact) mass is 401 g/mol. The number of hydrogen-bond acceptors (Lipinski definition) is 5. The van der Waals surface area contributed by atoms with Crippen LogP contribution in [0.3, 0.4) is 0 Å². The van der Waals surface area contributed by atoms with E-state index >= 15 is 0 Å². The zero-order valence-electron chi connectivity index (χ0n) is 17.6. The molecule has 4 aromatic rings. The summed E-state index contributed by atoms with van der Waals surface area (Å²) in [5, 5.41) is 8.35. The molecular weight excluding hydrogens is 374 g/mol. The van der Waals surface area contributed by atoms with Crippen LogP contribution in [-0.2, 0) is 11.8 Å². The number of nitrogens with zero attached hydrogens (tertiary/aromatic N) is 3. The van der Waals surface area contributed by atoms with Crippen LogP contribution in [0.2, 0.25) is 0 Å². The minimum absolute atomic E-state index is 0.0898. The van der Waals surface area contributed by atoms with Crippen molar-refractivity contribution in [2.45, 2.75) is 25.5 Å². The van der Waals surface area contributed by atoms with Gasteiger partial charge >= 0.3 is 0 Å². The summed E-state index contributed by atoms with van der Waals surface area (Å²) in [6.07, 6.45) is 5.68. The van der Waals surface area contributed by atoms with Crippen LogP contribution in [0, 0.1) is 0 Å². The molecular formula is C24H27N5O. The fourth-order valence-corrected chi connectivity index (χ4v) is 4.28. The second-order valence-electron chi connectivity index (χ2n) is 8.56. The zero-order chi connectivity index (χ0) is 20.7. The van der Waals surface area contributed by atoms with E-state index in [2.05, 4.69) is 88.7 Å². The van der Waals surface area contributed by atoms with Gasteiger partial charge in [0.05, 0.1) is 29.3 Å². The van der Waals surface area contributed by atoms with Crippen LogP contribution in [-0.4, -0.2) is 45.9 Å². The number of anilines is 1. The van der Waals surface area contributed by atoms with Gasteiger partial charge in [-0.05, 0) is 49.1 Å². The fourth-order valence-electron chi connectivity index (χ4n) is 4.28. The van der Waals surface area contributed by atoms with E-state index in [1.54, 1.807) is 12.4 Å². The second kappa shape index (κ2) is 7.38. The molecule has 2 aromatic heterocycles. The number of benzene rings is 2. The van der Waals surface area contributed by atoms with Gasteiger partial charge in [-0.2, -0.15) is 0 Å². The number of aryl methyl sites for hydroxylation is 1. The quantitative estimate of drug-likeness (QED) is 0.542. The van der Waals surface area contributed by atoms with Crippen molar-refractivity contribution in [3.63, 3.8) is 0 Å². The first-order valence-corrected chi connectivity index (χ1v) is 10.4. The molecule has 1 unspecified atom stereocenters. The first-order valence-electron chi connectivity index (χ1n) is 10.4. The van der Waals surface area contributed by atoms with E-state index in [1.807, 2.05) is 0 Å². The summed E-state index contributed by atoms with van der Waals surface area (Å²) < 4.78 is 8.16. The maximum atomic E-state index is 6.01. The summed E-state index contributed by atoms with van der Waals surface area (Å²) in [7, 11) is 2.07. The molecule has 2 aromatic carbocycles. The zero-order valence-corrected chi connectivity index (χ0v) is 17.6. The van der Waals surface area contributed by atoms with Crippen molar-refractivity contribution in [2.75, 3.05) is 25.0 Å². The predicted octanol–water partition coefficient (Wildman–Crippen LogP) is 3.97. The average molecular weight is 402 g/mol. The number of fused-ring (bicyclic) bond motifs is 2. The van der Waals surface area contributed by atoms with Crippen LogP contribution >= 0.6 is 0 Å². The van der Waals surface area contributed by atoms with Gasteiger partial charge in [-0.25, -0.2) is 0 Å². The fraction of sp³-hybridized carbons (Fsp3) is 0.333. The third-order valence-corrected chi connectivity index (χ3v) is 5.97. The molecule has 1 saturated heterocycles. The maximum Gasteiger partial charge on any atom is 0.0966 e. The van der Waals surface area contributed by atoms with E-state index in [-0.39, 0.29) is 11.6 Å². The molecule has 6 nitrogen and oxygen atoms in total. The number of ether oxygens (including phenoxy) is 1. The predicted molar refractivity (Wildman–Crippen MR) is 122 cm³/mol. The average Bonchev–Trinajstić information content (AvgIpc) is 3.14. The molecule has 0 spiro atoms. The molecule has 0 saturated carbocycles. The first kappa shape index (κ1) is 19.0.